The molecule has 0 amide bonds. The lowest BCUT2D eigenvalue weighted by Gasteiger charge is -2.03. The third-order valence-corrected chi connectivity index (χ3v) is 2.69. The molecule has 3 heterocycles. The first kappa shape index (κ1) is 10.2. The minimum Gasteiger partial charge on any atom is -0.343 e. The molecule has 0 atom stereocenters. The van der Waals surface area contributed by atoms with Crippen LogP contribution >= 0.6 is 11.6 Å². The molecule has 86 valence electrons. The van der Waals surface area contributed by atoms with Gasteiger partial charge in [0.15, 0.2) is 5.82 Å². The quantitative estimate of drug-likeness (QED) is 0.660. The number of nitrogens with zero attached hydrogens (tertiary/aromatic N) is 5. The molecule has 0 spiro atoms. The van der Waals surface area contributed by atoms with Crippen molar-refractivity contribution in [2.75, 3.05) is 0 Å². The van der Waals surface area contributed by atoms with Gasteiger partial charge >= 0.3 is 0 Å². The monoisotopic (exact) mass is 249 g/mol. The second-order valence-electron chi connectivity index (χ2n) is 3.46. The number of imidazole rings is 1. The third kappa shape index (κ3) is 1.76. The highest BCUT2D eigenvalue weighted by molar-refractivity contribution is 6.16. The van der Waals surface area contributed by atoms with Crippen LogP contribution < -0.4 is 0 Å². The normalized spacial score (nSPS) is 11.1. The van der Waals surface area contributed by atoms with Crippen molar-refractivity contribution in [3.8, 4) is 0 Å². The van der Waals surface area contributed by atoms with E-state index in [9.17, 15) is 0 Å². The van der Waals surface area contributed by atoms with E-state index in [0.29, 0.717) is 18.2 Å². The van der Waals surface area contributed by atoms with Gasteiger partial charge in [-0.15, -0.1) is 11.6 Å². The maximum Gasteiger partial charge on any atom is 0.213 e. The lowest BCUT2D eigenvalue weighted by molar-refractivity contribution is 0.408. The van der Waals surface area contributed by atoms with Crippen LogP contribution in [0.1, 0.15) is 11.6 Å². The third-order valence-electron chi connectivity index (χ3n) is 2.46. The summed E-state index contributed by atoms with van der Waals surface area (Å²) in [5, 5.41) is 3.78. The van der Waals surface area contributed by atoms with Crippen molar-refractivity contribution in [1.82, 2.24) is 24.7 Å². The second-order valence-corrected chi connectivity index (χ2v) is 3.73. The average Bonchev–Trinajstić information content (AvgIpc) is 2.98. The van der Waals surface area contributed by atoms with Gasteiger partial charge in [0.05, 0.1) is 24.1 Å². The van der Waals surface area contributed by atoms with Crippen molar-refractivity contribution in [2.45, 2.75) is 12.4 Å². The van der Waals surface area contributed by atoms with Crippen molar-refractivity contribution in [2.24, 2.45) is 0 Å². The van der Waals surface area contributed by atoms with E-state index < -0.39 is 0 Å². The fourth-order valence-corrected chi connectivity index (χ4v) is 1.92. The molecular weight excluding hydrogens is 242 g/mol. The fourth-order valence-electron chi connectivity index (χ4n) is 1.71. The van der Waals surface area contributed by atoms with E-state index >= 15 is 0 Å². The maximum absolute atomic E-state index is 5.88. The molecule has 0 radical (unpaired) electrons. The summed E-state index contributed by atoms with van der Waals surface area (Å²) in [6.07, 6.45) is 4.73. The summed E-state index contributed by atoms with van der Waals surface area (Å²) in [4.78, 5) is 12.4. The Morgan fingerprint density at radius 2 is 2.35 bits per heavy atom. The van der Waals surface area contributed by atoms with Crippen molar-refractivity contribution >= 4 is 22.6 Å². The second kappa shape index (κ2) is 4.14. The van der Waals surface area contributed by atoms with Gasteiger partial charge in [0.25, 0.3) is 0 Å². The first-order valence-electron chi connectivity index (χ1n) is 4.99. The Bertz CT molecular complexity index is 633. The molecule has 0 fully saturated rings. The van der Waals surface area contributed by atoms with E-state index in [-0.39, 0.29) is 0 Å². The summed E-state index contributed by atoms with van der Waals surface area (Å²) < 4.78 is 6.66. The Labute approximate surface area is 101 Å². The molecule has 0 aliphatic rings. The van der Waals surface area contributed by atoms with Gasteiger partial charge < -0.3 is 9.09 Å². The summed E-state index contributed by atoms with van der Waals surface area (Å²) in [6.45, 7) is 0.485. The smallest absolute Gasteiger partial charge is 0.213 e. The zero-order valence-electron chi connectivity index (χ0n) is 8.75. The Kier molecular flexibility index (Phi) is 2.49. The molecule has 3 aromatic heterocycles. The molecule has 0 unspecified atom stereocenters. The van der Waals surface area contributed by atoms with E-state index in [2.05, 4.69) is 20.1 Å². The van der Waals surface area contributed by atoms with Gasteiger partial charge in [0, 0.05) is 6.20 Å². The van der Waals surface area contributed by atoms with Crippen LogP contribution in [0.5, 0.6) is 0 Å². The standard InChI is InChI=1S/C10H8ClN5O/c11-3-10-14-7-4-12-2-1-8(7)16(10)5-9-13-6-17-15-9/h1-2,4,6H,3,5H2. The minimum atomic E-state index is 0.326. The zero-order chi connectivity index (χ0) is 11.7. The van der Waals surface area contributed by atoms with Crippen LogP contribution in [0.2, 0.25) is 0 Å². The van der Waals surface area contributed by atoms with E-state index in [1.807, 2.05) is 10.6 Å². The van der Waals surface area contributed by atoms with Crippen molar-refractivity contribution in [1.29, 1.82) is 0 Å². The number of hydrogen-bond donors (Lipinski definition) is 0. The number of aromatic nitrogens is 5. The van der Waals surface area contributed by atoms with Gasteiger partial charge in [-0.2, -0.15) is 4.98 Å². The Morgan fingerprint density at radius 3 is 3.12 bits per heavy atom. The van der Waals surface area contributed by atoms with E-state index in [4.69, 9.17) is 16.1 Å². The molecular formula is C10H8ClN5O. The molecule has 0 aromatic carbocycles. The number of halogens is 1. The molecule has 0 saturated carbocycles. The van der Waals surface area contributed by atoms with Gasteiger partial charge in [-0.05, 0) is 6.07 Å². The van der Waals surface area contributed by atoms with E-state index in [0.717, 1.165) is 16.9 Å². The van der Waals surface area contributed by atoms with Crippen LogP contribution in [-0.4, -0.2) is 24.7 Å². The molecule has 0 aliphatic heterocycles. The van der Waals surface area contributed by atoms with Crippen LogP contribution in [-0.2, 0) is 12.4 Å². The molecule has 0 saturated heterocycles. The molecule has 17 heavy (non-hydrogen) atoms. The molecule has 3 aromatic rings. The summed E-state index contributed by atoms with van der Waals surface area (Å²) in [6, 6.07) is 1.89. The SMILES string of the molecule is ClCc1nc2cnccc2n1Cc1ncon1. The van der Waals surface area contributed by atoms with Crippen LogP contribution in [0.15, 0.2) is 29.4 Å². The number of fused-ring (bicyclic) bond motifs is 1. The predicted octanol–water partition coefficient (Wildman–Crippen LogP) is 1.60. The van der Waals surface area contributed by atoms with Gasteiger partial charge in [-0.25, -0.2) is 4.98 Å². The summed E-state index contributed by atoms with van der Waals surface area (Å²) in [5.74, 6) is 1.68. The summed E-state index contributed by atoms with van der Waals surface area (Å²) in [7, 11) is 0. The predicted molar refractivity (Wildman–Crippen MR) is 60.5 cm³/mol. The number of rotatable bonds is 3. The Hall–Kier alpha value is -1.95. The Morgan fingerprint density at radius 1 is 1.41 bits per heavy atom. The van der Waals surface area contributed by atoms with Crippen LogP contribution in [0, 0.1) is 0 Å². The minimum absolute atomic E-state index is 0.326. The molecule has 3 rings (SSSR count). The highest BCUT2D eigenvalue weighted by Gasteiger charge is 2.11. The molecule has 6 nitrogen and oxygen atoms in total. The first-order valence-corrected chi connectivity index (χ1v) is 5.52. The van der Waals surface area contributed by atoms with Gasteiger partial charge in [-0.3, -0.25) is 4.98 Å². The maximum atomic E-state index is 5.88. The van der Waals surface area contributed by atoms with Gasteiger partial charge in [0.1, 0.15) is 11.3 Å². The average molecular weight is 250 g/mol. The van der Waals surface area contributed by atoms with Crippen molar-refractivity contribution in [3.63, 3.8) is 0 Å². The van der Waals surface area contributed by atoms with Crippen molar-refractivity contribution < 1.29 is 4.52 Å². The molecule has 0 N–H and O–H groups in total. The van der Waals surface area contributed by atoms with E-state index in [1.165, 1.54) is 6.39 Å². The summed E-state index contributed by atoms with van der Waals surface area (Å²) in [5.41, 5.74) is 1.77. The number of hydrogen-bond acceptors (Lipinski definition) is 5. The molecule has 0 aliphatic carbocycles. The highest BCUT2D eigenvalue weighted by atomic mass is 35.5. The molecule has 7 heteroatoms. The summed E-state index contributed by atoms with van der Waals surface area (Å²) >= 11 is 5.88. The topological polar surface area (TPSA) is 69.6 Å². The fraction of sp³-hybridized carbons (Fsp3) is 0.200. The zero-order valence-corrected chi connectivity index (χ0v) is 9.50. The van der Waals surface area contributed by atoms with Gasteiger partial charge in [0.2, 0.25) is 6.39 Å². The first-order chi connectivity index (χ1) is 8.38. The van der Waals surface area contributed by atoms with E-state index in [1.54, 1.807) is 12.4 Å². The number of pyridine rings is 1. The van der Waals surface area contributed by atoms with Gasteiger partial charge in [-0.1, -0.05) is 5.16 Å². The number of alkyl halides is 1. The lowest BCUT2D eigenvalue weighted by Crippen LogP contribution is -2.05. The van der Waals surface area contributed by atoms with Crippen LogP contribution in [0.25, 0.3) is 11.0 Å². The van der Waals surface area contributed by atoms with Crippen LogP contribution in [0.4, 0.5) is 0 Å². The van der Waals surface area contributed by atoms with Crippen LogP contribution in [0.3, 0.4) is 0 Å². The Balaban J connectivity index is 2.12. The molecule has 0 bridgehead atoms. The largest absolute Gasteiger partial charge is 0.343 e. The van der Waals surface area contributed by atoms with Crippen molar-refractivity contribution in [3.05, 3.63) is 36.5 Å². The lowest BCUT2D eigenvalue weighted by atomic mass is 10.4. The highest BCUT2D eigenvalue weighted by Crippen LogP contribution is 2.17.